The standard InChI is InChI=1S/C10H10N4O2/c1-3-8(11)14-9(12)5-7(6-13-14)10(15)16-4-2/h1,5-6,11-12H,4H2,2H3. The Bertz CT molecular complexity index is 524. The van der Waals surface area contributed by atoms with Crippen molar-refractivity contribution in [2.45, 2.75) is 6.92 Å². The Hall–Kier alpha value is -2.42. The van der Waals surface area contributed by atoms with Crippen LogP contribution in [0.2, 0.25) is 0 Å². The molecule has 0 fully saturated rings. The number of nitrogens with one attached hydrogen (secondary N) is 2. The van der Waals surface area contributed by atoms with Gasteiger partial charge in [-0.3, -0.25) is 10.8 Å². The molecule has 16 heavy (non-hydrogen) atoms. The van der Waals surface area contributed by atoms with Crippen LogP contribution in [0.15, 0.2) is 12.3 Å². The molecule has 2 N–H and O–H groups in total. The molecule has 0 atom stereocenters. The van der Waals surface area contributed by atoms with Crippen molar-refractivity contribution < 1.29 is 9.53 Å². The maximum absolute atomic E-state index is 11.3. The van der Waals surface area contributed by atoms with Crippen molar-refractivity contribution in [2.75, 3.05) is 6.61 Å². The second-order valence-corrected chi connectivity index (χ2v) is 2.75. The van der Waals surface area contributed by atoms with E-state index in [2.05, 4.69) is 5.10 Å². The van der Waals surface area contributed by atoms with Crippen molar-refractivity contribution in [1.29, 1.82) is 10.8 Å². The highest BCUT2D eigenvalue weighted by molar-refractivity contribution is 5.96. The summed E-state index contributed by atoms with van der Waals surface area (Å²) in [5, 5.41) is 18.5. The van der Waals surface area contributed by atoms with Gasteiger partial charge < -0.3 is 4.74 Å². The molecule has 1 heterocycles. The number of esters is 1. The average molecular weight is 218 g/mol. The average Bonchev–Trinajstić information content (AvgIpc) is 2.28. The predicted octanol–water partition coefficient (Wildman–Crippen LogP) is -0.00216. The van der Waals surface area contributed by atoms with Gasteiger partial charge in [0.1, 0.15) is 5.49 Å². The van der Waals surface area contributed by atoms with Crippen LogP contribution < -0.4 is 5.49 Å². The summed E-state index contributed by atoms with van der Waals surface area (Å²) in [5.74, 6) is 1.23. The van der Waals surface area contributed by atoms with Gasteiger partial charge in [-0.2, -0.15) is 9.78 Å². The molecule has 1 aromatic heterocycles. The lowest BCUT2D eigenvalue weighted by Crippen LogP contribution is -2.29. The molecule has 0 aliphatic rings. The predicted molar refractivity (Wildman–Crippen MR) is 56.0 cm³/mol. The second-order valence-electron chi connectivity index (χ2n) is 2.75. The highest BCUT2D eigenvalue weighted by Gasteiger charge is 2.08. The molecular formula is C10H10N4O2. The number of rotatable bonds is 2. The number of nitrogens with zero attached hydrogens (tertiary/aromatic N) is 2. The van der Waals surface area contributed by atoms with Crippen molar-refractivity contribution >= 4 is 11.8 Å². The molecule has 6 nitrogen and oxygen atoms in total. The highest BCUT2D eigenvalue weighted by Crippen LogP contribution is 1.95. The third-order valence-electron chi connectivity index (χ3n) is 1.69. The minimum atomic E-state index is -0.553. The van der Waals surface area contributed by atoms with E-state index in [4.69, 9.17) is 22.0 Å². The minimum Gasteiger partial charge on any atom is -0.462 e. The Morgan fingerprint density at radius 2 is 2.44 bits per heavy atom. The van der Waals surface area contributed by atoms with Crippen LogP contribution in [-0.2, 0) is 4.74 Å². The summed E-state index contributed by atoms with van der Waals surface area (Å²) in [6.45, 7) is 1.94. The van der Waals surface area contributed by atoms with Gasteiger partial charge >= 0.3 is 5.97 Å². The number of ether oxygens (including phenoxy) is 1. The van der Waals surface area contributed by atoms with Gasteiger partial charge in [0.15, 0.2) is 5.84 Å². The summed E-state index contributed by atoms with van der Waals surface area (Å²) in [6.07, 6.45) is 6.22. The first-order valence-corrected chi connectivity index (χ1v) is 4.46. The Morgan fingerprint density at radius 1 is 1.75 bits per heavy atom. The van der Waals surface area contributed by atoms with E-state index in [1.165, 1.54) is 12.3 Å². The lowest BCUT2D eigenvalue weighted by atomic mass is 10.3. The molecule has 1 aromatic rings. The van der Waals surface area contributed by atoms with E-state index < -0.39 is 5.97 Å². The van der Waals surface area contributed by atoms with Crippen LogP contribution in [0.1, 0.15) is 17.3 Å². The number of hydrogen-bond donors (Lipinski definition) is 2. The fraction of sp³-hybridized carbons (Fsp3) is 0.200. The summed E-state index contributed by atoms with van der Waals surface area (Å²) in [4.78, 5) is 11.3. The molecular weight excluding hydrogens is 208 g/mol. The molecule has 0 aromatic carbocycles. The van der Waals surface area contributed by atoms with E-state index >= 15 is 0 Å². The van der Waals surface area contributed by atoms with Gasteiger partial charge in [0.2, 0.25) is 0 Å². The van der Waals surface area contributed by atoms with Gasteiger partial charge in [-0.05, 0) is 18.9 Å². The normalized spacial score (nSPS) is 9.25. The van der Waals surface area contributed by atoms with Crippen LogP contribution >= 0.6 is 0 Å². The molecule has 0 aliphatic heterocycles. The number of terminal acetylenes is 1. The zero-order valence-corrected chi connectivity index (χ0v) is 8.65. The molecule has 1 rings (SSSR count). The third kappa shape index (κ3) is 2.33. The molecule has 0 unspecified atom stereocenters. The van der Waals surface area contributed by atoms with Gasteiger partial charge in [-0.25, -0.2) is 4.79 Å². The molecule has 82 valence electrons. The van der Waals surface area contributed by atoms with Gasteiger partial charge in [0.25, 0.3) is 0 Å². The van der Waals surface area contributed by atoms with Crippen molar-refractivity contribution in [3.63, 3.8) is 0 Å². The second kappa shape index (κ2) is 4.89. The third-order valence-corrected chi connectivity index (χ3v) is 1.69. The Labute approximate surface area is 91.9 Å². The summed E-state index contributed by atoms with van der Waals surface area (Å²) >= 11 is 0. The number of aromatic nitrogens is 2. The molecule has 6 heteroatoms. The maximum atomic E-state index is 11.3. The van der Waals surface area contributed by atoms with Crippen molar-refractivity contribution in [2.24, 2.45) is 0 Å². The van der Waals surface area contributed by atoms with Crippen LogP contribution in [0, 0.1) is 23.2 Å². The monoisotopic (exact) mass is 218 g/mol. The number of carbonyl (C=O) groups is 1. The fourth-order valence-electron chi connectivity index (χ4n) is 0.993. The van der Waals surface area contributed by atoms with Crippen LogP contribution in [0.25, 0.3) is 0 Å². The van der Waals surface area contributed by atoms with Crippen LogP contribution in [-0.4, -0.2) is 28.2 Å². The Kier molecular flexibility index (Phi) is 3.56. The summed E-state index contributed by atoms with van der Waals surface area (Å²) in [7, 11) is 0. The van der Waals surface area contributed by atoms with Gasteiger partial charge in [0.05, 0.1) is 18.4 Å². The van der Waals surface area contributed by atoms with Gasteiger partial charge in [-0.1, -0.05) is 0 Å². The molecule has 0 aliphatic carbocycles. The maximum Gasteiger partial charge on any atom is 0.339 e. The molecule has 0 radical (unpaired) electrons. The van der Waals surface area contributed by atoms with Crippen molar-refractivity contribution in [1.82, 2.24) is 9.78 Å². The first kappa shape index (κ1) is 11.7. The molecule has 0 amide bonds. The zero-order chi connectivity index (χ0) is 12.1. The Balaban J connectivity index is 3.10. The van der Waals surface area contributed by atoms with E-state index in [1.54, 1.807) is 6.92 Å². The molecule has 0 saturated carbocycles. The van der Waals surface area contributed by atoms with Crippen LogP contribution in [0.5, 0.6) is 0 Å². The lowest BCUT2D eigenvalue weighted by Gasteiger charge is -2.04. The molecule has 0 spiro atoms. The van der Waals surface area contributed by atoms with E-state index in [9.17, 15) is 4.79 Å². The lowest BCUT2D eigenvalue weighted by molar-refractivity contribution is 0.0525. The SMILES string of the molecule is C#CC(=N)n1ncc(C(=O)OCC)cc1=N. The highest BCUT2D eigenvalue weighted by atomic mass is 16.5. The first-order valence-electron chi connectivity index (χ1n) is 4.46. The van der Waals surface area contributed by atoms with Crippen LogP contribution in [0.4, 0.5) is 0 Å². The first-order chi connectivity index (χ1) is 7.60. The zero-order valence-electron chi connectivity index (χ0n) is 8.65. The minimum absolute atomic E-state index is 0.145. The van der Waals surface area contributed by atoms with Gasteiger partial charge in [0, 0.05) is 0 Å². The van der Waals surface area contributed by atoms with E-state index in [-0.39, 0.29) is 23.5 Å². The molecule has 0 saturated heterocycles. The molecule has 0 bridgehead atoms. The van der Waals surface area contributed by atoms with E-state index in [0.717, 1.165) is 4.68 Å². The van der Waals surface area contributed by atoms with Gasteiger partial charge in [-0.15, -0.1) is 6.42 Å². The van der Waals surface area contributed by atoms with E-state index in [1.807, 2.05) is 5.92 Å². The van der Waals surface area contributed by atoms with Crippen LogP contribution in [0.3, 0.4) is 0 Å². The van der Waals surface area contributed by atoms with Crippen molar-refractivity contribution in [3.05, 3.63) is 23.3 Å². The number of hydrogen-bond acceptors (Lipinski definition) is 5. The summed E-state index contributed by atoms with van der Waals surface area (Å²) in [5.41, 5.74) is 0.0152. The van der Waals surface area contributed by atoms with E-state index in [0.29, 0.717) is 0 Å². The summed E-state index contributed by atoms with van der Waals surface area (Å²) < 4.78 is 5.68. The van der Waals surface area contributed by atoms with Crippen molar-refractivity contribution in [3.8, 4) is 12.3 Å². The number of carbonyl (C=O) groups excluding carboxylic acids is 1. The Morgan fingerprint density at radius 3 is 2.94 bits per heavy atom. The fourth-order valence-corrected chi connectivity index (χ4v) is 0.993. The largest absolute Gasteiger partial charge is 0.462 e. The smallest absolute Gasteiger partial charge is 0.339 e. The topological polar surface area (TPSA) is 91.8 Å². The quantitative estimate of drug-likeness (QED) is 0.316. The summed E-state index contributed by atoms with van der Waals surface area (Å²) in [6, 6.07) is 1.25.